The molecule has 1 amide bonds. The Labute approximate surface area is 126 Å². The van der Waals surface area contributed by atoms with E-state index >= 15 is 0 Å². The van der Waals surface area contributed by atoms with Crippen molar-refractivity contribution in [2.45, 2.75) is 0 Å². The van der Waals surface area contributed by atoms with Crippen LogP contribution >= 0.6 is 23.2 Å². The molecule has 2 rings (SSSR count). The molecule has 0 spiro atoms. The van der Waals surface area contributed by atoms with Crippen molar-refractivity contribution in [1.82, 2.24) is 0 Å². The average molecular weight is 311 g/mol. The quantitative estimate of drug-likeness (QED) is 0.847. The van der Waals surface area contributed by atoms with Gasteiger partial charge in [-0.25, -0.2) is 0 Å². The van der Waals surface area contributed by atoms with Crippen LogP contribution in [0.15, 0.2) is 36.4 Å². The summed E-state index contributed by atoms with van der Waals surface area (Å²) in [6.07, 6.45) is 0. The highest BCUT2D eigenvalue weighted by atomic mass is 35.5. The summed E-state index contributed by atoms with van der Waals surface area (Å²) in [5, 5.41) is 3.36. The lowest BCUT2D eigenvalue weighted by Gasteiger charge is -2.11. The first-order chi connectivity index (χ1) is 9.51. The topological polar surface area (TPSA) is 64.3 Å². The zero-order valence-corrected chi connectivity index (χ0v) is 12.1. The van der Waals surface area contributed by atoms with Crippen molar-refractivity contribution in [2.75, 3.05) is 18.2 Å². The molecule has 0 aliphatic rings. The molecule has 0 aliphatic carbocycles. The summed E-state index contributed by atoms with van der Waals surface area (Å²) in [5.74, 6) is 0.356. The fourth-order valence-electron chi connectivity index (χ4n) is 1.65. The molecule has 6 heteroatoms. The fourth-order valence-corrected chi connectivity index (χ4v) is 2.21. The summed E-state index contributed by atoms with van der Waals surface area (Å²) in [6.45, 7) is 0. The Hall–Kier alpha value is -1.91. The van der Waals surface area contributed by atoms with E-state index in [9.17, 15) is 4.79 Å². The van der Waals surface area contributed by atoms with Crippen molar-refractivity contribution in [3.05, 3.63) is 52.0 Å². The number of rotatable bonds is 3. The third-order valence-electron chi connectivity index (χ3n) is 2.68. The van der Waals surface area contributed by atoms with Gasteiger partial charge in [-0.05, 0) is 36.4 Å². The highest BCUT2D eigenvalue weighted by Gasteiger charge is 2.12. The van der Waals surface area contributed by atoms with E-state index in [1.807, 2.05) is 0 Å². The van der Waals surface area contributed by atoms with Gasteiger partial charge in [-0.15, -0.1) is 0 Å². The van der Waals surface area contributed by atoms with Gasteiger partial charge in [0.25, 0.3) is 5.91 Å². The maximum absolute atomic E-state index is 12.1. The van der Waals surface area contributed by atoms with Gasteiger partial charge in [0.05, 0.1) is 23.5 Å². The van der Waals surface area contributed by atoms with Gasteiger partial charge in [-0.1, -0.05) is 23.2 Å². The zero-order valence-electron chi connectivity index (χ0n) is 10.6. The molecule has 3 N–H and O–H groups in total. The third kappa shape index (κ3) is 3.15. The van der Waals surface area contributed by atoms with Gasteiger partial charge in [-0.3, -0.25) is 4.79 Å². The molecule has 0 radical (unpaired) electrons. The molecule has 104 valence electrons. The molecule has 0 aliphatic heterocycles. The van der Waals surface area contributed by atoms with Gasteiger partial charge < -0.3 is 15.8 Å². The molecular weight excluding hydrogens is 299 g/mol. The van der Waals surface area contributed by atoms with Crippen molar-refractivity contribution in [1.29, 1.82) is 0 Å². The van der Waals surface area contributed by atoms with Crippen molar-refractivity contribution < 1.29 is 9.53 Å². The van der Waals surface area contributed by atoms with E-state index in [2.05, 4.69) is 5.32 Å². The average Bonchev–Trinajstić information content (AvgIpc) is 2.42. The minimum atomic E-state index is -0.316. The Kier molecular flexibility index (Phi) is 4.37. The summed E-state index contributed by atoms with van der Waals surface area (Å²) < 4.78 is 5.03. The van der Waals surface area contributed by atoms with Crippen LogP contribution < -0.4 is 15.8 Å². The number of methoxy groups -OCH3 is 1. The highest BCUT2D eigenvalue weighted by Crippen LogP contribution is 2.32. The number of amides is 1. The number of hydrogen-bond acceptors (Lipinski definition) is 3. The number of anilines is 2. The van der Waals surface area contributed by atoms with Crippen molar-refractivity contribution in [2.24, 2.45) is 0 Å². The lowest BCUT2D eigenvalue weighted by molar-refractivity contribution is 0.102. The predicted octanol–water partition coefficient (Wildman–Crippen LogP) is 3.84. The second-order valence-electron chi connectivity index (χ2n) is 4.03. The minimum absolute atomic E-state index is 0.289. The van der Waals surface area contributed by atoms with Crippen LogP contribution in [0.2, 0.25) is 10.0 Å². The molecule has 2 aromatic rings. The molecule has 0 aromatic heterocycles. The maximum Gasteiger partial charge on any atom is 0.255 e. The molecule has 4 nitrogen and oxygen atoms in total. The van der Waals surface area contributed by atoms with E-state index in [1.165, 1.54) is 12.1 Å². The summed E-state index contributed by atoms with van der Waals surface area (Å²) in [7, 11) is 1.56. The van der Waals surface area contributed by atoms with Crippen molar-refractivity contribution in [3.8, 4) is 5.75 Å². The van der Waals surface area contributed by atoms with E-state index in [1.54, 1.807) is 31.4 Å². The predicted molar refractivity (Wildman–Crippen MR) is 81.8 cm³/mol. The molecule has 0 saturated carbocycles. The van der Waals surface area contributed by atoms with Gasteiger partial charge in [0.1, 0.15) is 5.75 Å². The number of hydrogen-bond donors (Lipinski definition) is 2. The molecule has 0 atom stereocenters. The normalized spacial score (nSPS) is 10.2. The molecule has 0 fully saturated rings. The van der Waals surface area contributed by atoms with Crippen LogP contribution in [0.25, 0.3) is 0 Å². The summed E-state index contributed by atoms with van der Waals surface area (Å²) in [6, 6.07) is 9.73. The van der Waals surface area contributed by atoms with Crippen LogP contribution in [-0.4, -0.2) is 13.0 Å². The summed E-state index contributed by atoms with van der Waals surface area (Å²) in [4.78, 5) is 12.1. The number of halogens is 2. The van der Waals surface area contributed by atoms with Crippen LogP contribution in [0, 0.1) is 0 Å². The number of carbonyl (C=O) groups is 1. The number of carbonyl (C=O) groups excluding carboxylic acids is 1. The van der Waals surface area contributed by atoms with Crippen LogP contribution in [0.3, 0.4) is 0 Å². The summed E-state index contributed by atoms with van der Waals surface area (Å²) in [5.41, 5.74) is 6.91. The number of benzene rings is 2. The van der Waals surface area contributed by atoms with Gasteiger partial charge in [0.15, 0.2) is 0 Å². The van der Waals surface area contributed by atoms with Crippen molar-refractivity contribution >= 4 is 40.5 Å². The SMILES string of the molecule is COc1ccc(C(=O)Nc2c(N)cc(Cl)cc2Cl)cc1. The molecule has 0 heterocycles. The monoisotopic (exact) mass is 310 g/mol. The Bertz CT molecular complexity index is 619. The standard InChI is InChI=1S/C14H12Cl2N2O2/c1-20-10-4-2-8(3-5-10)14(19)18-13-11(16)6-9(15)7-12(13)17/h2-7H,17H2,1H3,(H,18,19). The first-order valence-corrected chi connectivity index (χ1v) is 6.47. The first-order valence-electron chi connectivity index (χ1n) is 5.71. The van der Waals surface area contributed by atoms with E-state index in [4.69, 9.17) is 33.7 Å². The van der Waals surface area contributed by atoms with E-state index in [0.29, 0.717) is 27.7 Å². The Morgan fingerprint density at radius 2 is 1.85 bits per heavy atom. The second-order valence-corrected chi connectivity index (χ2v) is 4.88. The van der Waals surface area contributed by atoms with Crippen LogP contribution in [0.1, 0.15) is 10.4 Å². The first kappa shape index (κ1) is 14.5. The van der Waals surface area contributed by atoms with Crippen LogP contribution in [-0.2, 0) is 0 Å². The van der Waals surface area contributed by atoms with Crippen LogP contribution in [0.5, 0.6) is 5.75 Å². The van der Waals surface area contributed by atoms with Gasteiger partial charge in [-0.2, -0.15) is 0 Å². The highest BCUT2D eigenvalue weighted by molar-refractivity contribution is 6.37. The lowest BCUT2D eigenvalue weighted by Crippen LogP contribution is -2.13. The Morgan fingerprint density at radius 3 is 2.40 bits per heavy atom. The number of ether oxygens (including phenoxy) is 1. The van der Waals surface area contributed by atoms with E-state index in [-0.39, 0.29) is 10.9 Å². The fraction of sp³-hybridized carbons (Fsp3) is 0.0714. The van der Waals surface area contributed by atoms with E-state index < -0.39 is 0 Å². The second kappa shape index (κ2) is 6.03. The lowest BCUT2D eigenvalue weighted by atomic mass is 10.2. The third-order valence-corrected chi connectivity index (χ3v) is 3.19. The number of nitrogens with one attached hydrogen (secondary N) is 1. The molecular formula is C14H12Cl2N2O2. The van der Waals surface area contributed by atoms with E-state index in [0.717, 1.165) is 0 Å². The van der Waals surface area contributed by atoms with Gasteiger partial charge >= 0.3 is 0 Å². The summed E-state index contributed by atoms with van der Waals surface area (Å²) >= 11 is 11.8. The largest absolute Gasteiger partial charge is 0.497 e. The van der Waals surface area contributed by atoms with Gasteiger partial charge in [0.2, 0.25) is 0 Å². The molecule has 20 heavy (non-hydrogen) atoms. The molecule has 0 bridgehead atoms. The van der Waals surface area contributed by atoms with Gasteiger partial charge in [0, 0.05) is 10.6 Å². The number of nitrogens with two attached hydrogens (primary N) is 1. The zero-order chi connectivity index (χ0) is 14.7. The van der Waals surface area contributed by atoms with Crippen LogP contribution in [0.4, 0.5) is 11.4 Å². The Morgan fingerprint density at radius 1 is 1.20 bits per heavy atom. The molecule has 0 saturated heterocycles. The number of nitrogen functional groups attached to an aromatic ring is 1. The molecule has 2 aromatic carbocycles. The maximum atomic E-state index is 12.1. The Balaban J connectivity index is 2.23. The minimum Gasteiger partial charge on any atom is -0.497 e. The molecule has 0 unspecified atom stereocenters. The van der Waals surface area contributed by atoms with Crippen molar-refractivity contribution in [3.63, 3.8) is 0 Å². The smallest absolute Gasteiger partial charge is 0.255 e.